The first-order valence-corrected chi connectivity index (χ1v) is 7.12. The van der Waals surface area contributed by atoms with E-state index in [1.54, 1.807) is 7.11 Å². The standard InChI is InChI=1S/C17H18N2O4/c1-12-3-6-17(23-2)13(9-12)7-8-18-11-14-10-15(19(21)22)4-5-16(14)20/h3-6,9-11,20H,7-8H2,1-2H3. The van der Waals surface area contributed by atoms with Crippen molar-refractivity contribution < 1.29 is 14.8 Å². The smallest absolute Gasteiger partial charge is 0.270 e. The lowest BCUT2D eigenvalue weighted by molar-refractivity contribution is -0.384. The van der Waals surface area contributed by atoms with E-state index in [1.165, 1.54) is 24.4 Å². The number of ether oxygens (including phenoxy) is 1. The second kappa shape index (κ2) is 7.40. The number of aliphatic imine (C=N–C) groups is 1. The number of nitro groups is 1. The number of rotatable bonds is 6. The zero-order chi connectivity index (χ0) is 16.8. The van der Waals surface area contributed by atoms with Crippen LogP contribution in [-0.2, 0) is 6.42 Å². The van der Waals surface area contributed by atoms with Crippen molar-refractivity contribution >= 4 is 11.9 Å². The summed E-state index contributed by atoms with van der Waals surface area (Å²) >= 11 is 0. The van der Waals surface area contributed by atoms with E-state index in [4.69, 9.17) is 4.74 Å². The van der Waals surface area contributed by atoms with Crippen molar-refractivity contribution in [3.05, 3.63) is 63.2 Å². The highest BCUT2D eigenvalue weighted by molar-refractivity contribution is 5.84. The lowest BCUT2D eigenvalue weighted by atomic mass is 10.1. The van der Waals surface area contributed by atoms with Crippen LogP contribution in [0.15, 0.2) is 41.4 Å². The summed E-state index contributed by atoms with van der Waals surface area (Å²) in [6.45, 7) is 2.50. The summed E-state index contributed by atoms with van der Waals surface area (Å²) in [5.74, 6) is 0.775. The van der Waals surface area contributed by atoms with Crippen molar-refractivity contribution in [2.24, 2.45) is 4.99 Å². The van der Waals surface area contributed by atoms with Gasteiger partial charge in [-0.15, -0.1) is 0 Å². The molecule has 0 heterocycles. The fraction of sp³-hybridized carbons (Fsp3) is 0.235. The molecular weight excluding hydrogens is 296 g/mol. The van der Waals surface area contributed by atoms with E-state index in [-0.39, 0.29) is 11.4 Å². The van der Waals surface area contributed by atoms with Gasteiger partial charge < -0.3 is 9.84 Å². The fourth-order valence-corrected chi connectivity index (χ4v) is 2.21. The minimum absolute atomic E-state index is 0.0347. The van der Waals surface area contributed by atoms with Crippen molar-refractivity contribution in [1.82, 2.24) is 0 Å². The van der Waals surface area contributed by atoms with Gasteiger partial charge in [0, 0.05) is 30.5 Å². The van der Waals surface area contributed by atoms with E-state index in [0.717, 1.165) is 16.9 Å². The van der Waals surface area contributed by atoms with Crippen LogP contribution in [0, 0.1) is 17.0 Å². The van der Waals surface area contributed by atoms with Crippen LogP contribution in [0.3, 0.4) is 0 Å². The molecule has 0 aromatic heterocycles. The predicted molar refractivity (Wildman–Crippen MR) is 88.7 cm³/mol. The Morgan fingerprint density at radius 3 is 2.78 bits per heavy atom. The number of aromatic hydroxyl groups is 1. The maximum atomic E-state index is 10.7. The molecule has 0 saturated heterocycles. The maximum Gasteiger partial charge on any atom is 0.270 e. The van der Waals surface area contributed by atoms with Crippen LogP contribution in [0.2, 0.25) is 0 Å². The number of hydrogen-bond donors (Lipinski definition) is 1. The molecule has 0 radical (unpaired) electrons. The summed E-state index contributed by atoms with van der Waals surface area (Å²) in [5.41, 5.74) is 2.44. The van der Waals surface area contributed by atoms with E-state index >= 15 is 0 Å². The molecule has 0 unspecified atom stereocenters. The number of methoxy groups -OCH3 is 1. The number of benzene rings is 2. The van der Waals surface area contributed by atoms with Gasteiger partial charge in [0.25, 0.3) is 5.69 Å². The average molecular weight is 314 g/mol. The second-order valence-corrected chi connectivity index (χ2v) is 5.10. The number of phenolic OH excluding ortho intramolecular Hbond substituents is 1. The molecule has 0 aliphatic carbocycles. The largest absolute Gasteiger partial charge is 0.507 e. The maximum absolute atomic E-state index is 10.7. The topological polar surface area (TPSA) is 85.0 Å². The Hall–Kier alpha value is -2.89. The molecular formula is C17H18N2O4. The number of nitrogens with zero attached hydrogens (tertiary/aromatic N) is 2. The lowest BCUT2D eigenvalue weighted by Crippen LogP contribution is -1.96. The second-order valence-electron chi connectivity index (χ2n) is 5.10. The van der Waals surface area contributed by atoms with Gasteiger partial charge in [0.15, 0.2) is 0 Å². The summed E-state index contributed by atoms with van der Waals surface area (Å²) in [6.07, 6.45) is 2.13. The monoisotopic (exact) mass is 314 g/mol. The Morgan fingerprint density at radius 1 is 1.30 bits per heavy atom. The number of hydrogen-bond acceptors (Lipinski definition) is 5. The highest BCUT2D eigenvalue weighted by Gasteiger charge is 2.08. The Kier molecular flexibility index (Phi) is 5.30. The first-order chi connectivity index (χ1) is 11.0. The number of non-ortho nitro benzene ring substituents is 1. The molecule has 0 saturated carbocycles. The molecule has 0 fully saturated rings. The van der Waals surface area contributed by atoms with Crippen LogP contribution in [0.5, 0.6) is 11.5 Å². The van der Waals surface area contributed by atoms with E-state index in [0.29, 0.717) is 18.5 Å². The number of aryl methyl sites for hydroxylation is 1. The van der Waals surface area contributed by atoms with Gasteiger partial charge in [-0.3, -0.25) is 15.1 Å². The van der Waals surface area contributed by atoms with Crippen LogP contribution in [0.1, 0.15) is 16.7 Å². The Labute approximate surface area is 134 Å². The summed E-state index contributed by atoms with van der Waals surface area (Å²) in [6, 6.07) is 9.78. The van der Waals surface area contributed by atoms with Crippen LogP contribution >= 0.6 is 0 Å². The fourth-order valence-electron chi connectivity index (χ4n) is 2.21. The van der Waals surface area contributed by atoms with E-state index in [2.05, 4.69) is 4.99 Å². The number of nitro benzene ring substituents is 1. The van der Waals surface area contributed by atoms with Gasteiger partial charge in [0.2, 0.25) is 0 Å². The zero-order valence-electron chi connectivity index (χ0n) is 13.0. The van der Waals surface area contributed by atoms with Crippen LogP contribution < -0.4 is 4.74 Å². The van der Waals surface area contributed by atoms with Crippen molar-refractivity contribution in [3.63, 3.8) is 0 Å². The van der Waals surface area contributed by atoms with E-state index in [1.807, 2.05) is 25.1 Å². The molecule has 6 nitrogen and oxygen atoms in total. The summed E-state index contributed by atoms with van der Waals surface area (Å²) in [7, 11) is 1.62. The van der Waals surface area contributed by atoms with Crippen LogP contribution in [0.4, 0.5) is 5.69 Å². The quantitative estimate of drug-likeness (QED) is 0.504. The highest BCUT2D eigenvalue weighted by atomic mass is 16.6. The molecule has 1 N–H and O–H groups in total. The van der Waals surface area contributed by atoms with Gasteiger partial charge in [0.1, 0.15) is 11.5 Å². The molecule has 2 aromatic carbocycles. The van der Waals surface area contributed by atoms with E-state index in [9.17, 15) is 15.2 Å². The van der Waals surface area contributed by atoms with Gasteiger partial charge in [-0.25, -0.2) is 0 Å². The Balaban J connectivity index is 2.07. The molecule has 0 aliphatic rings. The molecule has 2 aromatic rings. The highest BCUT2D eigenvalue weighted by Crippen LogP contribution is 2.22. The first-order valence-electron chi connectivity index (χ1n) is 7.12. The van der Waals surface area contributed by atoms with Crippen molar-refractivity contribution in [2.75, 3.05) is 13.7 Å². The Bertz CT molecular complexity index is 741. The predicted octanol–water partition coefficient (Wildman–Crippen LogP) is 3.28. The normalized spacial score (nSPS) is 10.9. The number of phenols is 1. The SMILES string of the molecule is COc1ccc(C)cc1CCN=Cc1cc([N+](=O)[O-])ccc1O. The Morgan fingerprint density at radius 2 is 2.09 bits per heavy atom. The van der Waals surface area contributed by atoms with Crippen molar-refractivity contribution in [1.29, 1.82) is 0 Å². The summed E-state index contributed by atoms with van der Waals surface area (Å²) in [5, 5.41) is 20.5. The molecule has 120 valence electrons. The molecule has 23 heavy (non-hydrogen) atoms. The van der Waals surface area contributed by atoms with Crippen LogP contribution in [0.25, 0.3) is 0 Å². The molecule has 0 aliphatic heterocycles. The van der Waals surface area contributed by atoms with Gasteiger partial charge in [-0.1, -0.05) is 17.7 Å². The summed E-state index contributed by atoms with van der Waals surface area (Å²) in [4.78, 5) is 14.5. The minimum Gasteiger partial charge on any atom is -0.507 e. The third-order valence-electron chi connectivity index (χ3n) is 3.40. The third kappa shape index (κ3) is 4.29. The molecule has 2 rings (SSSR count). The molecule has 0 bridgehead atoms. The molecule has 0 spiro atoms. The van der Waals surface area contributed by atoms with Crippen molar-refractivity contribution in [2.45, 2.75) is 13.3 Å². The van der Waals surface area contributed by atoms with E-state index < -0.39 is 4.92 Å². The molecule has 0 atom stereocenters. The zero-order valence-corrected chi connectivity index (χ0v) is 13.0. The van der Waals surface area contributed by atoms with Gasteiger partial charge in [-0.05, 0) is 31.0 Å². The molecule has 6 heteroatoms. The van der Waals surface area contributed by atoms with Gasteiger partial charge in [-0.2, -0.15) is 0 Å². The lowest BCUT2D eigenvalue weighted by Gasteiger charge is -2.08. The van der Waals surface area contributed by atoms with Gasteiger partial charge >= 0.3 is 0 Å². The molecule has 0 amide bonds. The third-order valence-corrected chi connectivity index (χ3v) is 3.40. The average Bonchev–Trinajstić information content (AvgIpc) is 2.53. The minimum atomic E-state index is -0.506. The van der Waals surface area contributed by atoms with Crippen LogP contribution in [-0.4, -0.2) is 29.9 Å². The van der Waals surface area contributed by atoms with Crippen molar-refractivity contribution in [3.8, 4) is 11.5 Å². The van der Waals surface area contributed by atoms with Gasteiger partial charge in [0.05, 0.1) is 12.0 Å². The summed E-state index contributed by atoms with van der Waals surface area (Å²) < 4.78 is 5.31. The first kappa shape index (κ1) is 16.5.